The zero-order chi connectivity index (χ0) is 11.4. The van der Waals surface area contributed by atoms with Gasteiger partial charge in [-0.25, -0.2) is 0 Å². The number of benzene rings is 1. The standard InChI is InChI=1S/C13H18N2O.ClH/c1-10-4-2-5-11(8-10)13(16)15-12-6-3-7-14-9-12;/h2,4-5,8,12,14H,3,6-7,9H2,1H3,(H,15,16);1H/t12-;/m0./s1. The fourth-order valence-corrected chi connectivity index (χ4v) is 2.03. The topological polar surface area (TPSA) is 41.1 Å². The van der Waals surface area contributed by atoms with E-state index in [1.807, 2.05) is 31.2 Å². The maximum absolute atomic E-state index is 11.9. The number of aryl methyl sites for hydroxylation is 1. The average molecular weight is 255 g/mol. The van der Waals surface area contributed by atoms with Crippen molar-refractivity contribution in [2.75, 3.05) is 13.1 Å². The quantitative estimate of drug-likeness (QED) is 0.847. The van der Waals surface area contributed by atoms with Crippen LogP contribution in [0.15, 0.2) is 24.3 Å². The Morgan fingerprint density at radius 1 is 1.47 bits per heavy atom. The molecule has 3 nitrogen and oxygen atoms in total. The lowest BCUT2D eigenvalue weighted by Crippen LogP contribution is -2.45. The molecule has 1 aliphatic heterocycles. The second kappa shape index (κ2) is 6.62. The first-order valence-corrected chi connectivity index (χ1v) is 5.84. The molecule has 1 aliphatic rings. The number of hydrogen-bond acceptors (Lipinski definition) is 2. The first-order valence-electron chi connectivity index (χ1n) is 5.84. The van der Waals surface area contributed by atoms with Crippen LogP contribution in [0.4, 0.5) is 0 Å². The molecule has 94 valence electrons. The van der Waals surface area contributed by atoms with Crippen molar-refractivity contribution in [3.05, 3.63) is 35.4 Å². The van der Waals surface area contributed by atoms with E-state index in [0.29, 0.717) is 0 Å². The summed E-state index contributed by atoms with van der Waals surface area (Å²) in [7, 11) is 0. The van der Waals surface area contributed by atoms with Crippen molar-refractivity contribution < 1.29 is 4.79 Å². The van der Waals surface area contributed by atoms with E-state index in [9.17, 15) is 4.79 Å². The minimum atomic E-state index is 0. The number of carbonyl (C=O) groups is 1. The van der Waals surface area contributed by atoms with E-state index >= 15 is 0 Å². The molecule has 1 aromatic carbocycles. The minimum Gasteiger partial charge on any atom is -0.348 e. The third kappa shape index (κ3) is 4.02. The van der Waals surface area contributed by atoms with Crippen molar-refractivity contribution in [1.82, 2.24) is 10.6 Å². The first kappa shape index (κ1) is 14.0. The van der Waals surface area contributed by atoms with E-state index in [-0.39, 0.29) is 24.4 Å². The number of piperidine rings is 1. The number of carbonyl (C=O) groups excluding carboxylic acids is 1. The molecule has 0 aliphatic carbocycles. The monoisotopic (exact) mass is 254 g/mol. The number of rotatable bonds is 2. The van der Waals surface area contributed by atoms with E-state index in [2.05, 4.69) is 10.6 Å². The summed E-state index contributed by atoms with van der Waals surface area (Å²) in [6.07, 6.45) is 2.21. The van der Waals surface area contributed by atoms with Crippen LogP contribution >= 0.6 is 12.4 Å². The normalized spacial score (nSPS) is 19.2. The fraction of sp³-hybridized carbons (Fsp3) is 0.462. The molecule has 0 unspecified atom stereocenters. The van der Waals surface area contributed by atoms with Crippen LogP contribution in [0.1, 0.15) is 28.8 Å². The van der Waals surface area contributed by atoms with Crippen LogP contribution in [0.5, 0.6) is 0 Å². The van der Waals surface area contributed by atoms with Gasteiger partial charge in [0.05, 0.1) is 0 Å². The Kier molecular flexibility index (Phi) is 5.45. The molecule has 0 radical (unpaired) electrons. The highest BCUT2D eigenvalue weighted by molar-refractivity contribution is 5.94. The van der Waals surface area contributed by atoms with Gasteiger partial charge in [-0.15, -0.1) is 12.4 Å². The minimum absolute atomic E-state index is 0. The van der Waals surface area contributed by atoms with Crippen molar-refractivity contribution in [1.29, 1.82) is 0 Å². The van der Waals surface area contributed by atoms with Crippen LogP contribution in [0.25, 0.3) is 0 Å². The number of amides is 1. The molecule has 1 fully saturated rings. The maximum atomic E-state index is 11.9. The Bertz CT molecular complexity index is 375. The smallest absolute Gasteiger partial charge is 0.251 e. The van der Waals surface area contributed by atoms with E-state index < -0.39 is 0 Å². The van der Waals surface area contributed by atoms with Gasteiger partial charge in [0.1, 0.15) is 0 Å². The summed E-state index contributed by atoms with van der Waals surface area (Å²) in [5.41, 5.74) is 1.87. The van der Waals surface area contributed by atoms with Gasteiger partial charge in [-0.05, 0) is 38.4 Å². The molecule has 1 atom stereocenters. The number of halogens is 1. The Hall–Kier alpha value is -1.06. The van der Waals surface area contributed by atoms with Gasteiger partial charge in [0.15, 0.2) is 0 Å². The molecule has 1 amide bonds. The molecule has 4 heteroatoms. The Morgan fingerprint density at radius 2 is 2.29 bits per heavy atom. The van der Waals surface area contributed by atoms with Gasteiger partial charge < -0.3 is 10.6 Å². The molecule has 1 saturated heterocycles. The summed E-state index contributed by atoms with van der Waals surface area (Å²) in [6, 6.07) is 7.98. The van der Waals surface area contributed by atoms with Gasteiger partial charge in [0.2, 0.25) is 0 Å². The molecule has 0 aromatic heterocycles. The SMILES string of the molecule is Cc1cccc(C(=O)N[C@H]2CCCNC2)c1.Cl. The summed E-state index contributed by atoms with van der Waals surface area (Å²) in [5, 5.41) is 6.35. The highest BCUT2D eigenvalue weighted by atomic mass is 35.5. The van der Waals surface area contributed by atoms with Gasteiger partial charge >= 0.3 is 0 Å². The Morgan fingerprint density at radius 3 is 2.94 bits per heavy atom. The molecule has 1 aromatic rings. The van der Waals surface area contributed by atoms with Crippen molar-refractivity contribution in [2.24, 2.45) is 0 Å². The Balaban J connectivity index is 0.00000144. The molecule has 1 heterocycles. The van der Waals surface area contributed by atoms with E-state index in [1.54, 1.807) is 0 Å². The molecule has 2 N–H and O–H groups in total. The third-order valence-electron chi connectivity index (χ3n) is 2.91. The lowest BCUT2D eigenvalue weighted by Gasteiger charge is -2.23. The van der Waals surface area contributed by atoms with Crippen molar-refractivity contribution in [3.63, 3.8) is 0 Å². The van der Waals surface area contributed by atoms with Gasteiger partial charge in [0, 0.05) is 18.2 Å². The molecule has 17 heavy (non-hydrogen) atoms. The third-order valence-corrected chi connectivity index (χ3v) is 2.91. The van der Waals surface area contributed by atoms with Gasteiger partial charge in [-0.3, -0.25) is 4.79 Å². The van der Waals surface area contributed by atoms with Crippen LogP contribution in [-0.4, -0.2) is 25.0 Å². The highest BCUT2D eigenvalue weighted by Gasteiger charge is 2.15. The van der Waals surface area contributed by atoms with E-state index in [0.717, 1.165) is 37.1 Å². The van der Waals surface area contributed by atoms with Crippen LogP contribution in [0.3, 0.4) is 0 Å². The second-order valence-corrected chi connectivity index (χ2v) is 4.39. The zero-order valence-corrected chi connectivity index (χ0v) is 10.8. The lowest BCUT2D eigenvalue weighted by atomic mass is 10.1. The largest absolute Gasteiger partial charge is 0.348 e. The van der Waals surface area contributed by atoms with Gasteiger partial charge in [-0.1, -0.05) is 17.7 Å². The van der Waals surface area contributed by atoms with Crippen LogP contribution in [-0.2, 0) is 0 Å². The molecular formula is C13H19ClN2O. The summed E-state index contributed by atoms with van der Waals surface area (Å²) in [6.45, 7) is 3.95. The van der Waals surface area contributed by atoms with Crippen LogP contribution in [0, 0.1) is 6.92 Å². The average Bonchev–Trinajstić information content (AvgIpc) is 2.30. The van der Waals surface area contributed by atoms with Crippen LogP contribution in [0.2, 0.25) is 0 Å². The fourth-order valence-electron chi connectivity index (χ4n) is 2.03. The first-order chi connectivity index (χ1) is 7.75. The summed E-state index contributed by atoms with van der Waals surface area (Å²) >= 11 is 0. The number of hydrogen-bond donors (Lipinski definition) is 2. The summed E-state index contributed by atoms with van der Waals surface area (Å²) in [5.74, 6) is 0.0393. The van der Waals surface area contributed by atoms with E-state index in [1.165, 1.54) is 0 Å². The van der Waals surface area contributed by atoms with Gasteiger partial charge in [-0.2, -0.15) is 0 Å². The Labute approximate surface area is 108 Å². The van der Waals surface area contributed by atoms with Crippen LogP contribution < -0.4 is 10.6 Å². The van der Waals surface area contributed by atoms with Crippen molar-refractivity contribution >= 4 is 18.3 Å². The molecule has 2 rings (SSSR count). The van der Waals surface area contributed by atoms with Crippen molar-refractivity contribution in [2.45, 2.75) is 25.8 Å². The van der Waals surface area contributed by atoms with Crippen molar-refractivity contribution in [3.8, 4) is 0 Å². The number of nitrogens with one attached hydrogen (secondary N) is 2. The highest BCUT2D eigenvalue weighted by Crippen LogP contribution is 2.06. The maximum Gasteiger partial charge on any atom is 0.251 e. The molecule has 0 bridgehead atoms. The predicted molar refractivity (Wildman–Crippen MR) is 71.8 cm³/mol. The second-order valence-electron chi connectivity index (χ2n) is 4.39. The predicted octanol–water partition coefficient (Wildman–Crippen LogP) is 1.90. The van der Waals surface area contributed by atoms with Gasteiger partial charge in [0.25, 0.3) is 5.91 Å². The summed E-state index contributed by atoms with van der Waals surface area (Å²) < 4.78 is 0. The van der Waals surface area contributed by atoms with E-state index in [4.69, 9.17) is 0 Å². The zero-order valence-electron chi connectivity index (χ0n) is 10.0. The lowest BCUT2D eigenvalue weighted by molar-refractivity contribution is 0.0930. The summed E-state index contributed by atoms with van der Waals surface area (Å²) in [4.78, 5) is 11.9. The molecular weight excluding hydrogens is 236 g/mol. The molecule has 0 spiro atoms. The molecule has 0 saturated carbocycles.